The summed E-state index contributed by atoms with van der Waals surface area (Å²) >= 11 is 0. The molecule has 1 aliphatic carbocycles. The summed E-state index contributed by atoms with van der Waals surface area (Å²) in [4.78, 5) is 2.36. The molecule has 120 valence electrons. The van der Waals surface area contributed by atoms with E-state index in [0.29, 0.717) is 6.04 Å². The predicted molar refractivity (Wildman–Crippen MR) is 81.5 cm³/mol. The molecule has 0 radical (unpaired) electrons. The Hall–Kier alpha value is -1.30. The van der Waals surface area contributed by atoms with Gasteiger partial charge in [0.1, 0.15) is 6.10 Å². The van der Waals surface area contributed by atoms with Crippen molar-refractivity contribution < 1.29 is 19.3 Å². The van der Waals surface area contributed by atoms with Gasteiger partial charge < -0.3 is 24.2 Å². The van der Waals surface area contributed by atoms with Crippen molar-refractivity contribution in [3.8, 4) is 11.5 Å². The van der Waals surface area contributed by atoms with Gasteiger partial charge in [0.2, 0.25) is 0 Å². The van der Waals surface area contributed by atoms with E-state index in [9.17, 15) is 5.11 Å². The molecule has 3 fully saturated rings. The Morgan fingerprint density at radius 3 is 2.77 bits per heavy atom. The average molecular weight is 305 g/mol. The van der Waals surface area contributed by atoms with Crippen LogP contribution in [0, 0.1) is 0 Å². The highest BCUT2D eigenvalue weighted by Crippen LogP contribution is 2.57. The first-order chi connectivity index (χ1) is 10.6. The number of aliphatic hydroxyl groups excluding tert-OH is 1. The highest BCUT2D eigenvalue weighted by Gasteiger charge is 2.67. The normalized spacial score (nSPS) is 40.0. The topological polar surface area (TPSA) is 54.5 Å². The van der Waals surface area contributed by atoms with Crippen molar-refractivity contribution in [3.63, 3.8) is 0 Å². The van der Waals surface area contributed by atoms with Gasteiger partial charge in [-0.1, -0.05) is 6.07 Å². The first-order valence-electron chi connectivity index (χ1n) is 7.88. The van der Waals surface area contributed by atoms with E-state index in [1.54, 1.807) is 14.2 Å². The number of hydrogen-bond acceptors (Lipinski definition) is 5. The lowest BCUT2D eigenvalue weighted by Crippen LogP contribution is -2.52. The van der Waals surface area contributed by atoms with Crippen molar-refractivity contribution in [2.24, 2.45) is 0 Å². The van der Waals surface area contributed by atoms with Gasteiger partial charge in [-0.05, 0) is 44.1 Å². The van der Waals surface area contributed by atoms with Crippen LogP contribution in [0.25, 0.3) is 0 Å². The van der Waals surface area contributed by atoms with Crippen LogP contribution >= 0.6 is 0 Å². The fraction of sp³-hybridized carbons (Fsp3) is 0.647. The van der Waals surface area contributed by atoms with E-state index in [1.807, 2.05) is 6.07 Å². The molecule has 4 rings (SSSR count). The molecule has 1 saturated carbocycles. The Morgan fingerprint density at radius 1 is 1.27 bits per heavy atom. The third-order valence-electron chi connectivity index (χ3n) is 5.80. The number of rotatable bonds is 3. The van der Waals surface area contributed by atoms with Crippen LogP contribution in [0.2, 0.25) is 0 Å². The van der Waals surface area contributed by atoms with Crippen molar-refractivity contribution in [2.75, 3.05) is 27.8 Å². The molecule has 0 amide bonds. The molecule has 22 heavy (non-hydrogen) atoms. The van der Waals surface area contributed by atoms with E-state index in [-0.39, 0.29) is 23.7 Å². The van der Waals surface area contributed by atoms with Gasteiger partial charge in [0.25, 0.3) is 0 Å². The van der Waals surface area contributed by atoms with E-state index in [2.05, 4.69) is 24.1 Å². The molecule has 2 heterocycles. The highest BCUT2D eigenvalue weighted by atomic mass is 16.6. The quantitative estimate of drug-likeness (QED) is 0.850. The van der Waals surface area contributed by atoms with Crippen LogP contribution in [0.4, 0.5) is 0 Å². The van der Waals surface area contributed by atoms with Crippen molar-refractivity contribution in [1.82, 2.24) is 4.90 Å². The number of benzene rings is 1. The number of aliphatic hydroxyl groups is 1. The minimum atomic E-state index is -0.344. The molecule has 0 spiro atoms. The summed E-state index contributed by atoms with van der Waals surface area (Å²) in [5, 5.41) is 10.2. The fourth-order valence-corrected chi connectivity index (χ4v) is 4.62. The molecular formula is C17H23NO4. The number of fused-ring (bicyclic) bond motifs is 3. The first-order valence-corrected chi connectivity index (χ1v) is 7.88. The lowest BCUT2D eigenvalue weighted by atomic mass is 9.65. The van der Waals surface area contributed by atoms with Gasteiger partial charge in [-0.15, -0.1) is 0 Å². The van der Waals surface area contributed by atoms with E-state index in [4.69, 9.17) is 14.2 Å². The van der Waals surface area contributed by atoms with E-state index in [1.165, 1.54) is 5.56 Å². The summed E-state index contributed by atoms with van der Waals surface area (Å²) in [6.07, 6.45) is 1.59. The van der Waals surface area contributed by atoms with Crippen LogP contribution in [0.1, 0.15) is 18.4 Å². The standard InChI is InChI=1S/C17H23NO4/c1-18-7-6-17(14(18)9-11(19)15-16(17)22-15)10-4-5-12(20-2)13(8-10)21-3/h4-5,8,11,14-16,19H,6-7,9H2,1-3H3/t11?,14?,15?,16?,17-/m1/s1. The molecule has 1 aromatic rings. The summed E-state index contributed by atoms with van der Waals surface area (Å²) in [6.45, 7) is 1.03. The molecule has 1 aromatic carbocycles. The summed E-state index contributed by atoms with van der Waals surface area (Å²) in [7, 11) is 5.46. The van der Waals surface area contributed by atoms with Crippen LogP contribution in [0.5, 0.6) is 11.5 Å². The Morgan fingerprint density at radius 2 is 2.05 bits per heavy atom. The Kier molecular flexibility index (Phi) is 3.15. The average Bonchev–Trinajstić information content (AvgIpc) is 3.29. The van der Waals surface area contributed by atoms with Gasteiger partial charge >= 0.3 is 0 Å². The number of hydrogen-bond donors (Lipinski definition) is 1. The minimum Gasteiger partial charge on any atom is -0.493 e. The zero-order valence-corrected chi connectivity index (χ0v) is 13.3. The van der Waals surface area contributed by atoms with Crippen molar-refractivity contribution >= 4 is 0 Å². The van der Waals surface area contributed by atoms with Crippen LogP contribution in [-0.4, -0.2) is 62.2 Å². The Labute approximate surface area is 130 Å². The summed E-state index contributed by atoms with van der Waals surface area (Å²) < 4.78 is 16.7. The Balaban J connectivity index is 1.79. The second-order valence-electron chi connectivity index (χ2n) is 6.68. The molecule has 5 heteroatoms. The maximum Gasteiger partial charge on any atom is 0.161 e. The molecule has 4 unspecified atom stereocenters. The van der Waals surface area contributed by atoms with Crippen molar-refractivity contribution in [2.45, 2.75) is 42.6 Å². The van der Waals surface area contributed by atoms with Crippen molar-refractivity contribution in [3.05, 3.63) is 23.8 Å². The Bertz CT molecular complexity index is 592. The zero-order valence-electron chi connectivity index (χ0n) is 13.3. The second-order valence-corrected chi connectivity index (χ2v) is 6.68. The van der Waals surface area contributed by atoms with E-state index in [0.717, 1.165) is 30.9 Å². The number of nitrogens with zero attached hydrogens (tertiary/aromatic N) is 1. The number of ether oxygens (including phenoxy) is 3. The molecule has 1 N–H and O–H groups in total. The summed E-state index contributed by atoms with van der Waals surface area (Å²) in [5.41, 5.74) is 1.19. The van der Waals surface area contributed by atoms with Gasteiger partial charge in [-0.25, -0.2) is 0 Å². The summed E-state index contributed by atoms with van der Waals surface area (Å²) in [5.74, 6) is 1.50. The van der Waals surface area contributed by atoms with Crippen LogP contribution in [0.3, 0.4) is 0 Å². The highest BCUT2D eigenvalue weighted by molar-refractivity contribution is 5.48. The lowest BCUT2D eigenvalue weighted by Gasteiger charge is -2.41. The SMILES string of the molecule is COc1ccc([C@]23CCN(C)C2CC(O)C2OC23)cc1OC. The van der Waals surface area contributed by atoms with Gasteiger partial charge in [-0.3, -0.25) is 0 Å². The van der Waals surface area contributed by atoms with Gasteiger partial charge in [-0.2, -0.15) is 0 Å². The molecule has 0 aromatic heterocycles. The molecule has 5 nitrogen and oxygen atoms in total. The number of likely N-dealkylation sites (tertiary alicyclic amines) is 1. The van der Waals surface area contributed by atoms with Crippen LogP contribution < -0.4 is 9.47 Å². The van der Waals surface area contributed by atoms with Crippen molar-refractivity contribution in [1.29, 1.82) is 0 Å². The van der Waals surface area contributed by atoms with Crippen LogP contribution in [0.15, 0.2) is 18.2 Å². The smallest absolute Gasteiger partial charge is 0.161 e. The van der Waals surface area contributed by atoms with Gasteiger partial charge in [0, 0.05) is 11.5 Å². The van der Waals surface area contributed by atoms with Gasteiger partial charge in [0.15, 0.2) is 11.5 Å². The third kappa shape index (κ3) is 1.76. The van der Waals surface area contributed by atoms with E-state index < -0.39 is 0 Å². The first kappa shape index (κ1) is 14.3. The third-order valence-corrected chi connectivity index (χ3v) is 5.80. The fourth-order valence-electron chi connectivity index (χ4n) is 4.62. The molecule has 3 aliphatic rings. The maximum absolute atomic E-state index is 10.2. The largest absolute Gasteiger partial charge is 0.493 e. The molecule has 5 atom stereocenters. The second kappa shape index (κ2) is 4.85. The monoisotopic (exact) mass is 305 g/mol. The molecule has 2 aliphatic heterocycles. The number of epoxide rings is 1. The zero-order chi connectivity index (χ0) is 15.5. The summed E-state index contributed by atoms with van der Waals surface area (Å²) in [6, 6.07) is 6.50. The van der Waals surface area contributed by atoms with Crippen LogP contribution in [-0.2, 0) is 10.2 Å². The lowest BCUT2D eigenvalue weighted by molar-refractivity contribution is 0.0768. The molecular weight excluding hydrogens is 282 g/mol. The number of methoxy groups -OCH3 is 2. The molecule has 2 saturated heterocycles. The maximum atomic E-state index is 10.2. The number of likely N-dealkylation sites (N-methyl/N-ethyl adjacent to an activating group) is 1. The molecule has 0 bridgehead atoms. The van der Waals surface area contributed by atoms with E-state index >= 15 is 0 Å². The van der Waals surface area contributed by atoms with Gasteiger partial charge in [0.05, 0.1) is 26.4 Å². The predicted octanol–water partition coefficient (Wildman–Crippen LogP) is 1.18. The minimum absolute atomic E-state index is 0.00385.